The molecule has 0 amide bonds. The Kier molecular flexibility index (Phi) is 12.8. The van der Waals surface area contributed by atoms with Gasteiger partial charge >= 0.3 is 11.9 Å². The van der Waals surface area contributed by atoms with Crippen LogP contribution in [0.4, 0.5) is 0 Å². The molecule has 0 spiro atoms. The summed E-state index contributed by atoms with van der Waals surface area (Å²) in [6, 6.07) is 0. The fourth-order valence-electron chi connectivity index (χ4n) is 3.32. The van der Waals surface area contributed by atoms with Gasteiger partial charge in [-0.2, -0.15) is 25.3 Å². The first-order valence-electron chi connectivity index (χ1n) is 10.3. The summed E-state index contributed by atoms with van der Waals surface area (Å²) in [5.41, 5.74) is 0. The highest BCUT2D eigenvalue weighted by molar-refractivity contribution is 7.83. The summed E-state index contributed by atoms with van der Waals surface area (Å²) in [5, 5.41) is 19.4. The van der Waals surface area contributed by atoms with E-state index >= 15 is 0 Å². The Morgan fingerprint density at radius 3 is 1.30 bits per heavy atom. The molecule has 0 aliphatic heterocycles. The van der Waals surface area contributed by atoms with Gasteiger partial charge < -0.3 is 10.2 Å². The van der Waals surface area contributed by atoms with Gasteiger partial charge in [0.05, 0.1) is 0 Å². The van der Waals surface area contributed by atoms with Gasteiger partial charge in [-0.15, -0.1) is 0 Å². The predicted octanol–water partition coefficient (Wildman–Crippen LogP) is 6.10. The molecule has 0 aromatic carbocycles. The Hall–Kier alpha value is -0.360. The van der Waals surface area contributed by atoms with Gasteiger partial charge in [0.2, 0.25) is 0 Å². The fraction of sp³-hybridized carbons (Fsp3) is 0.905. The number of carbonyl (C=O) groups is 2. The molecule has 0 aromatic rings. The Labute approximate surface area is 176 Å². The van der Waals surface area contributed by atoms with Gasteiger partial charge in [0.25, 0.3) is 0 Å². The molecule has 0 aromatic heterocycles. The minimum Gasteiger partial charge on any atom is -0.480 e. The first-order valence-corrected chi connectivity index (χ1v) is 11.2. The number of carboxylic acid groups (broad SMARTS) is 2. The molecule has 2 unspecified atom stereocenters. The first-order chi connectivity index (χ1) is 12.4. The maximum Gasteiger partial charge on any atom is 0.319 e. The topological polar surface area (TPSA) is 74.6 Å². The van der Waals surface area contributed by atoms with E-state index in [1.807, 2.05) is 0 Å². The smallest absolute Gasteiger partial charge is 0.319 e. The van der Waals surface area contributed by atoms with Crippen molar-refractivity contribution in [2.24, 2.45) is 11.8 Å². The minimum absolute atomic E-state index is 0.0642. The summed E-state index contributed by atoms with van der Waals surface area (Å²) in [7, 11) is 0. The Balaban J connectivity index is 4.74. The molecule has 2 atom stereocenters. The molecule has 0 bridgehead atoms. The van der Waals surface area contributed by atoms with Crippen LogP contribution in [-0.4, -0.2) is 31.6 Å². The molecule has 4 nitrogen and oxygen atoms in total. The lowest BCUT2D eigenvalue weighted by molar-refractivity contribution is -0.143. The van der Waals surface area contributed by atoms with Crippen LogP contribution in [0.15, 0.2) is 0 Å². The van der Waals surface area contributed by atoms with Crippen molar-refractivity contribution in [2.45, 2.75) is 108 Å². The van der Waals surface area contributed by atoms with Gasteiger partial charge in [-0.1, -0.05) is 79.1 Å². The van der Waals surface area contributed by atoms with E-state index in [2.05, 4.69) is 53.0 Å². The third-order valence-corrected chi connectivity index (χ3v) is 6.27. The summed E-state index contributed by atoms with van der Waals surface area (Å²) < 4.78 is -2.70. The van der Waals surface area contributed by atoms with Crippen LogP contribution < -0.4 is 0 Å². The standard InChI is InChI=1S/C21H40O4S2/c1-16(2)11-7-5-9-13-20(26,18(22)23)15-21(27,19(24)25)14-10-6-8-12-17(3)4/h16-17,26-27H,5-15H2,1-4H3,(H,22,23)(H,24,25). The van der Waals surface area contributed by atoms with Gasteiger partial charge in [0.15, 0.2) is 0 Å². The van der Waals surface area contributed by atoms with Gasteiger partial charge in [-0.3, -0.25) is 9.59 Å². The van der Waals surface area contributed by atoms with Gasteiger partial charge in [0, 0.05) is 0 Å². The SMILES string of the molecule is CC(C)CCCCCC(S)(CC(S)(CCCCCC(C)C)C(=O)O)C(=O)O. The zero-order valence-electron chi connectivity index (χ0n) is 17.5. The van der Waals surface area contributed by atoms with Crippen molar-refractivity contribution in [2.75, 3.05) is 0 Å². The normalized spacial score (nSPS) is 16.3. The van der Waals surface area contributed by atoms with Crippen LogP contribution in [0.5, 0.6) is 0 Å². The third-order valence-electron chi connectivity index (χ3n) is 5.12. The third kappa shape index (κ3) is 11.3. The predicted molar refractivity (Wildman–Crippen MR) is 119 cm³/mol. The van der Waals surface area contributed by atoms with Crippen LogP contribution in [-0.2, 0) is 9.59 Å². The fourth-order valence-corrected chi connectivity index (χ4v) is 4.30. The second-order valence-electron chi connectivity index (χ2n) is 8.84. The number of aliphatic carboxylic acids is 2. The summed E-state index contributed by atoms with van der Waals surface area (Å²) >= 11 is 8.85. The van der Waals surface area contributed by atoms with Crippen LogP contribution in [0.1, 0.15) is 98.3 Å². The zero-order valence-corrected chi connectivity index (χ0v) is 19.3. The Bertz CT molecular complexity index is 413. The monoisotopic (exact) mass is 420 g/mol. The van der Waals surface area contributed by atoms with Gasteiger partial charge in [-0.25, -0.2) is 0 Å². The van der Waals surface area contributed by atoms with Crippen LogP contribution in [0.25, 0.3) is 0 Å². The lowest BCUT2D eigenvalue weighted by atomic mass is 9.85. The van der Waals surface area contributed by atoms with Crippen molar-refractivity contribution in [1.29, 1.82) is 0 Å². The summed E-state index contributed by atoms with van der Waals surface area (Å²) in [5.74, 6) is -0.820. The molecule has 27 heavy (non-hydrogen) atoms. The maximum atomic E-state index is 11.8. The average molecular weight is 421 g/mol. The average Bonchev–Trinajstić information content (AvgIpc) is 2.53. The largest absolute Gasteiger partial charge is 0.480 e. The van der Waals surface area contributed by atoms with Crippen LogP contribution in [0.3, 0.4) is 0 Å². The van der Waals surface area contributed by atoms with Crippen LogP contribution in [0.2, 0.25) is 0 Å². The summed E-state index contributed by atoms with van der Waals surface area (Å²) in [6.45, 7) is 8.68. The van der Waals surface area contributed by atoms with Gasteiger partial charge in [0.1, 0.15) is 9.49 Å². The van der Waals surface area contributed by atoms with Crippen molar-refractivity contribution < 1.29 is 19.8 Å². The van der Waals surface area contributed by atoms with E-state index in [4.69, 9.17) is 0 Å². The van der Waals surface area contributed by atoms with Crippen LogP contribution in [0, 0.1) is 11.8 Å². The number of hydrogen-bond acceptors (Lipinski definition) is 4. The van der Waals surface area contributed by atoms with E-state index in [1.54, 1.807) is 0 Å². The van der Waals surface area contributed by atoms with E-state index in [9.17, 15) is 19.8 Å². The summed E-state index contributed by atoms with van der Waals surface area (Å²) in [4.78, 5) is 23.7. The molecule has 0 radical (unpaired) electrons. The molecule has 2 N–H and O–H groups in total. The zero-order chi connectivity index (χ0) is 21.1. The lowest BCUT2D eigenvalue weighted by Crippen LogP contribution is -2.44. The highest BCUT2D eigenvalue weighted by Crippen LogP contribution is 2.39. The number of thiol groups is 2. The van der Waals surface area contributed by atoms with E-state index < -0.39 is 21.4 Å². The molecule has 0 saturated carbocycles. The van der Waals surface area contributed by atoms with Crippen molar-refractivity contribution in [1.82, 2.24) is 0 Å². The molecule has 0 saturated heterocycles. The molecule has 6 heteroatoms. The highest BCUT2D eigenvalue weighted by Gasteiger charge is 2.45. The molecule has 160 valence electrons. The maximum absolute atomic E-state index is 11.8. The van der Waals surface area contributed by atoms with E-state index in [0.29, 0.717) is 24.7 Å². The highest BCUT2D eigenvalue weighted by atomic mass is 32.1. The van der Waals surface area contributed by atoms with Gasteiger partial charge in [-0.05, 0) is 31.1 Å². The number of carboxylic acids is 2. The number of rotatable bonds is 16. The lowest BCUT2D eigenvalue weighted by Gasteiger charge is -2.33. The molecular weight excluding hydrogens is 380 g/mol. The number of hydrogen-bond donors (Lipinski definition) is 4. The molecule has 0 rings (SSSR count). The number of unbranched alkanes of at least 4 members (excludes halogenated alkanes) is 4. The second kappa shape index (κ2) is 13.0. The van der Waals surface area contributed by atoms with Crippen molar-refractivity contribution in [3.05, 3.63) is 0 Å². The Morgan fingerprint density at radius 2 is 1.04 bits per heavy atom. The van der Waals surface area contributed by atoms with E-state index in [-0.39, 0.29) is 6.42 Å². The van der Waals surface area contributed by atoms with Crippen LogP contribution >= 0.6 is 25.3 Å². The second-order valence-corrected chi connectivity index (χ2v) is 10.5. The minimum atomic E-state index is -1.35. The Morgan fingerprint density at radius 1 is 0.704 bits per heavy atom. The van der Waals surface area contributed by atoms with Crippen molar-refractivity contribution in [3.8, 4) is 0 Å². The molecule has 0 fully saturated rings. The van der Waals surface area contributed by atoms with Crippen molar-refractivity contribution >= 4 is 37.2 Å². The molecule has 0 aliphatic carbocycles. The molecular formula is C21H40O4S2. The molecule has 0 aliphatic rings. The van der Waals surface area contributed by atoms with Crippen molar-refractivity contribution in [3.63, 3.8) is 0 Å². The summed E-state index contributed by atoms with van der Waals surface area (Å²) in [6.07, 6.45) is 8.38. The molecule has 0 heterocycles. The van der Waals surface area contributed by atoms with E-state index in [1.165, 1.54) is 0 Å². The first kappa shape index (κ1) is 26.6. The van der Waals surface area contributed by atoms with E-state index in [0.717, 1.165) is 51.4 Å². The quantitative estimate of drug-likeness (QED) is 0.180.